The fourth-order valence-corrected chi connectivity index (χ4v) is 4.50. The van der Waals surface area contributed by atoms with Crippen molar-refractivity contribution in [1.29, 1.82) is 0 Å². The lowest BCUT2D eigenvalue weighted by atomic mass is 9.81. The summed E-state index contributed by atoms with van der Waals surface area (Å²) in [6, 6.07) is 0. The van der Waals surface area contributed by atoms with E-state index in [0.717, 1.165) is 52.0 Å². The average molecular weight is 372 g/mol. The molecule has 1 unspecified atom stereocenters. The Morgan fingerprint density at radius 3 is 1.92 bits per heavy atom. The number of likely N-dealkylation sites (tertiary alicyclic amines) is 2. The molecule has 0 bridgehead atoms. The molecule has 0 aromatic heterocycles. The maximum atomic E-state index is 13.3. The van der Waals surface area contributed by atoms with E-state index in [1.807, 2.05) is 9.80 Å². The highest BCUT2D eigenvalue weighted by atomic mass is 35.5. The second kappa shape index (κ2) is 7.07. The standard InChI is InChI=1S/C19H33N3O2.ClH/c1-17(2)6-9-21(13-17)15(23)11-19(5-8-20-12-19)16(24)22-10-7-18(3,4)14-22;/h20H,5-14H2,1-4H3;1H. The zero-order chi connectivity index (χ0) is 17.6. The monoisotopic (exact) mass is 371 g/mol. The van der Waals surface area contributed by atoms with Gasteiger partial charge in [-0.3, -0.25) is 9.59 Å². The van der Waals surface area contributed by atoms with Gasteiger partial charge < -0.3 is 15.1 Å². The number of carbonyl (C=O) groups is 2. The van der Waals surface area contributed by atoms with Gasteiger partial charge >= 0.3 is 0 Å². The second-order valence-corrected chi connectivity index (χ2v) is 9.75. The number of amides is 2. The van der Waals surface area contributed by atoms with Gasteiger partial charge in [-0.15, -0.1) is 12.4 Å². The van der Waals surface area contributed by atoms with Gasteiger partial charge in [0.2, 0.25) is 11.8 Å². The van der Waals surface area contributed by atoms with E-state index in [0.29, 0.717) is 13.0 Å². The molecule has 0 aliphatic carbocycles. The second-order valence-electron chi connectivity index (χ2n) is 9.75. The minimum atomic E-state index is -0.524. The number of carbonyl (C=O) groups excluding carboxylic acids is 2. The maximum Gasteiger partial charge on any atom is 0.230 e. The predicted molar refractivity (Wildman–Crippen MR) is 102 cm³/mol. The Bertz CT molecular complexity index is 527. The zero-order valence-electron chi connectivity index (χ0n) is 16.2. The van der Waals surface area contributed by atoms with Gasteiger partial charge in [0.25, 0.3) is 0 Å². The van der Waals surface area contributed by atoms with Crippen LogP contribution in [0.4, 0.5) is 0 Å². The number of halogens is 1. The van der Waals surface area contributed by atoms with Crippen LogP contribution >= 0.6 is 12.4 Å². The molecular weight excluding hydrogens is 338 g/mol. The van der Waals surface area contributed by atoms with Crippen LogP contribution in [-0.2, 0) is 9.59 Å². The summed E-state index contributed by atoms with van der Waals surface area (Å²) in [5.74, 6) is 0.362. The minimum absolute atomic E-state index is 0. The highest BCUT2D eigenvalue weighted by molar-refractivity contribution is 5.90. The van der Waals surface area contributed by atoms with E-state index >= 15 is 0 Å². The predicted octanol–water partition coefficient (Wildman–Crippen LogP) is 2.30. The summed E-state index contributed by atoms with van der Waals surface area (Å²) in [6.07, 6.45) is 3.26. The molecule has 25 heavy (non-hydrogen) atoms. The van der Waals surface area contributed by atoms with Crippen molar-refractivity contribution in [2.45, 2.75) is 53.4 Å². The first-order chi connectivity index (χ1) is 11.1. The van der Waals surface area contributed by atoms with Crippen molar-refractivity contribution in [3.63, 3.8) is 0 Å². The number of rotatable bonds is 3. The Morgan fingerprint density at radius 2 is 1.48 bits per heavy atom. The normalized spacial score (nSPS) is 30.4. The molecule has 3 rings (SSSR count). The molecule has 0 saturated carbocycles. The smallest absolute Gasteiger partial charge is 0.230 e. The van der Waals surface area contributed by atoms with Crippen molar-refractivity contribution in [3.8, 4) is 0 Å². The number of nitrogens with one attached hydrogen (secondary N) is 1. The van der Waals surface area contributed by atoms with E-state index in [1.165, 1.54) is 0 Å². The van der Waals surface area contributed by atoms with Crippen molar-refractivity contribution in [2.24, 2.45) is 16.2 Å². The van der Waals surface area contributed by atoms with Gasteiger partial charge in [0.15, 0.2) is 0 Å². The third kappa shape index (κ3) is 4.30. The lowest BCUT2D eigenvalue weighted by Crippen LogP contribution is -2.47. The molecule has 3 aliphatic heterocycles. The Morgan fingerprint density at radius 1 is 0.920 bits per heavy atom. The quantitative estimate of drug-likeness (QED) is 0.828. The molecule has 0 aromatic carbocycles. The van der Waals surface area contributed by atoms with Crippen molar-refractivity contribution in [1.82, 2.24) is 15.1 Å². The van der Waals surface area contributed by atoms with Crippen molar-refractivity contribution >= 4 is 24.2 Å². The van der Waals surface area contributed by atoms with Crippen LogP contribution in [-0.4, -0.2) is 60.9 Å². The first kappa shape index (κ1) is 20.5. The summed E-state index contributed by atoms with van der Waals surface area (Å²) < 4.78 is 0. The largest absolute Gasteiger partial charge is 0.342 e. The highest BCUT2D eigenvalue weighted by Gasteiger charge is 2.48. The third-order valence-electron chi connectivity index (χ3n) is 6.18. The van der Waals surface area contributed by atoms with E-state index in [1.54, 1.807) is 0 Å². The Balaban J connectivity index is 0.00000225. The van der Waals surface area contributed by atoms with Gasteiger partial charge in [-0.25, -0.2) is 0 Å². The highest BCUT2D eigenvalue weighted by Crippen LogP contribution is 2.38. The van der Waals surface area contributed by atoms with Crippen LogP contribution in [0.1, 0.15) is 53.4 Å². The van der Waals surface area contributed by atoms with Gasteiger partial charge in [0.05, 0.1) is 5.41 Å². The van der Waals surface area contributed by atoms with E-state index in [9.17, 15) is 9.59 Å². The molecule has 3 aliphatic rings. The molecule has 0 spiro atoms. The van der Waals surface area contributed by atoms with Gasteiger partial charge in [-0.2, -0.15) is 0 Å². The van der Waals surface area contributed by atoms with Crippen LogP contribution in [0.25, 0.3) is 0 Å². The molecule has 1 atom stereocenters. The van der Waals surface area contributed by atoms with Gasteiger partial charge in [0.1, 0.15) is 0 Å². The summed E-state index contributed by atoms with van der Waals surface area (Å²) in [5.41, 5.74) is -0.115. The SMILES string of the molecule is CC1(C)CCN(C(=O)CC2(C(=O)N3CCC(C)(C)C3)CCNC2)C1.Cl. The van der Waals surface area contributed by atoms with Gasteiger partial charge in [-0.05, 0) is 36.6 Å². The molecule has 3 fully saturated rings. The van der Waals surface area contributed by atoms with Crippen LogP contribution < -0.4 is 5.32 Å². The molecule has 0 aromatic rings. The minimum Gasteiger partial charge on any atom is -0.342 e. The molecule has 3 heterocycles. The van der Waals surface area contributed by atoms with E-state index in [2.05, 4.69) is 33.0 Å². The maximum absolute atomic E-state index is 13.3. The molecule has 144 valence electrons. The summed E-state index contributed by atoms with van der Waals surface area (Å²) >= 11 is 0. The lowest BCUT2D eigenvalue weighted by molar-refractivity contribution is -0.146. The van der Waals surface area contributed by atoms with Crippen LogP contribution in [0, 0.1) is 16.2 Å². The molecular formula is C19H34ClN3O2. The van der Waals surface area contributed by atoms with E-state index < -0.39 is 5.41 Å². The average Bonchev–Trinajstić information content (AvgIpc) is 3.17. The molecule has 5 nitrogen and oxygen atoms in total. The number of hydrogen-bond acceptors (Lipinski definition) is 3. The first-order valence-electron chi connectivity index (χ1n) is 9.41. The number of hydrogen-bond donors (Lipinski definition) is 1. The molecule has 3 saturated heterocycles. The first-order valence-corrected chi connectivity index (χ1v) is 9.41. The Labute approximate surface area is 158 Å². The Kier molecular flexibility index (Phi) is 5.80. The molecule has 0 radical (unpaired) electrons. The fourth-order valence-electron chi connectivity index (χ4n) is 4.50. The van der Waals surface area contributed by atoms with Crippen molar-refractivity contribution in [3.05, 3.63) is 0 Å². The van der Waals surface area contributed by atoms with Crippen LogP contribution in [0.2, 0.25) is 0 Å². The topological polar surface area (TPSA) is 52.7 Å². The molecule has 1 N–H and O–H groups in total. The van der Waals surface area contributed by atoms with E-state index in [-0.39, 0.29) is 35.1 Å². The summed E-state index contributed by atoms with van der Waals surface area (Å²) in [6.45, 7) is 13.6. The third-order valence-corrected chi connectivity index (χ3v) is 6.18. The van der Waals surface area contributed by atoms with Gasteiger partial charge in [-0.1, -0.05) is 27.7 Å². The number of nitrogens with zero attached hydrogens (tertiary/aromatic N) is 2. The zero-order valence-corrected chi connectivity index (χ0v) is 17.0. The van der Waals surface area contributed by atoms with E-state index in [4.69, 9.17) is 0 Å². The summed E-state index contributed by atoms with van der Waals surface area (Å²) in [5, 5.41) is 3.33. The fraction of sp³-hybridized carbons (Fsp3) is 0.895. The Hall–Kier alpha value is -0.810. The summed E-state index contributed by atoms with van der Waals surface area (Å²) in [7, 11) is 0. The van der Waals surface area contributed by atoms with Crippen LogP contribution in [0.5, 0.6) is 0 Å². The van der Waals surface area contributed by atoms with Crippen molar-refractivity contribution < 1.29 is 9.59 Å². The molecule has 6 heteroatoms. The van der Waals surface area contributed by atoms with Crippen LogP contribution in [0.3, 0.4) is 0 Å². The van der Waals surface area contributed by atoms with Gasteiger partial charge in [0, 0.05) is 39.1 Å². The van der Waals surface area contributed by atoms with Crippen molar-refractivity contribution in [2.75, 3.05) is 39.3 Å². The summed E-state index contributed by atoms with van der Waals surface area (Å²) in [4.78, 5) is 30.1. The molecule has 2 amide bonds. The van der Waals surface area contributed by atoms with Crippen LogP contribution in [0.15, 0.2) is 0 Å². The lowest BCUT2D eigenvalue weighted by Gasteiger charge is -2.33.